The lowest BCUT2D eigenvalue weighted by atomic mass is 9.99. The van der Waals surface area contributed by atoms with Gasteiger partial charge in [0.25, 0.3) is 0 Å². The Labute approximate surface area is 493 Å². The monoisotopic (exact) mass is 1120 g/mol. The van der Waals surface area contributed by atoms with Gasteiger partial charge in [0.2, 0.25) is 5.91 Å². The fourth-order valence-corrected chi connectivity index (χ4v) is 10.7. The third-order valence-electron chi connectivity index (χ3n) is 16.0. The number of aliphatic hydroxyl groups excluding tert-OH is 5. The highest BCUT2D eigenvalue weighted by Gasteiger charge is 2.44. The van der Waals surface area contributed by atoms with Crippen LogP contribution in [0.1, 0.15) is 316 Å². The number of carbonyl (C=O) groups excluding carboxylic acids is 1. The predicted octanol–water partition coefficient (Wildman–Crippen LogP) is 18.4. The van der Waals surface area contributed by atoms with Crippen LogP contribution in [0.15, 0.2) is 72.9 Å². The van der Waals surface area contributed by atoms with E-state index in [4.69, 9.17) is 9.47 Å². The number of aliphatic hydroxyl groups is 5. The summed E-state index contributed by atoms with van der Waals surface area (Å²) in [6.45, 7) is 3.69. The van der Waals surface area contributed by atoms with E-state index in [-0.39, 0.29) is 12.5 Å². The van der Waals surface area contributed by atoms with E-state index in [1.165, 1.54) is 231 Å². The molecule has 1 rings (SSSR count). The summed E-state index contributed by atoms with van der Waals surface area (Å²) in [6, 6.07) is -0.824. The highest BCUT2D eigenvalue weighted by atomic mass is 16.7. The smallest absolute Gasteiger partial charge is 0.220 e. The molecule has 1 amide bonds. The van der Waals surface area contributed by atoms with Gasteiger partial charge in [0.05, 0.1) is 25.4 Å². The van der Waals surface area contributed by atoms with E-state index in [2.05, 4.69) is 79.9 Å². The van der Waals surface area contributed by atoms with Gasteiger partial charge >= 0.3 is 0 Å². The molecule has 0 aromatic carbocycles. The van der Waals surface area contributed by atoms with E-state index in [0.717, 1.165) is 64.2 Å². The Hall–Kier alpha value is -2.37. The molecule has 1 aliphatic heterocycles. The molecule has 0 aromatic heterocycles. The van der Waals surface area contributed by atoms with E-state index in [1.807, 2.05) is 6.08 Å². The van der Waals surface area contributed by atoms with E-state index in [1.54, 1.807) is 6.08 Å². The van der Waals surface area contributed by atoms with Crippen LogP contribution in [0.3, 0.4) is 0 Å². The number of hydrogen-bond acceptors (Lipinski definition) is 8. The van der Waals surface area contributed by atoms with Crippen LogP contribution in [0.2, 0.25) is 0 Å². The molecule has 1 fully saturated rings. The lowest BCUT2D eigenvalue weighted by Gasteiger charge is -2.40. The molecule has 7 unspecified atom stereocenters. The molecule has 1 aliphatic rings. The molecule has 7 atom stereocenters. The van der Waals surface area contributed by atoms with Gasteiger partial charge in [-0.2, -0.15) is 0 Å². The maximum atomic E-state index is 13.1. The number of allylic oxidation sites excluding steroid dienone is 11. The third-order valence-corrected chi connectivity index (χ3v) is 16.0. The Morgan fingerprint density at radius 2 is 0.787 bits per heavy atom. The molecule has 0 aliphatic carbocycles. The van der Waals surface area contributed by atoms with Gasteiger partial charge in [0.1, 0.15) is 24.4 Å². The summed E-state index contributed by atoms with van der Waals surface area (Å²) in [4.78, 5) is 13.1. The SMILES string of the molecule is CC/C=C\C/C=C\C/C=C\C/C=C\CCCCCCCCCCCCCCCCCCCCCCC(=O)NC(COC1OC(CO)C(O)C(O)C1O)C(O)/C=C/CC/C=C/CCCCCCCCCCCCCCCCCCCC. The van der Waals surface area contributed by atoms with Crippen LogP contribution < -0.4 is 5.32 Å². The van der Waals surface area contributed by atoms with Crippen molar-refractivity contribution in [1.82, 2.24) is 5.32 Å². The predicted molar refractivity (Wildman–Crippen MR) is 341 cm³/mol. The van der Waals surface area contributed by atoms with Crippen molar-refractivity contribution in [2.45, 2.75) is 358 Å². The minimum absolute atomic E-state index is 0.183. The van der Waals surface area contributed by atoms with Crippen molar-refractivity contribution in [2.75, 3.05) is 13.2 Å². The molecule has 0 aromatic rings. The highest BCUT2D eigenvalue weighted by Crippen LogP contribution is 2.23. The quantitative estimate of drug-likeness (QED) is 0.0261. The summed E-state index contributed by atoms with van der Waals surface area (Å²) >= 11 is 0. The highest BCUT2D eigenvalue weighted by molar-refractivity contribution is 5.76. The molecule has 0 spiro atoms. The minimum Gasteiger partial charge on any atom is -0.394 e. The maximum Gasteiger partial charge on any atom is 0.220 e. The van der Waals surface area contributed by atoms with Crippen molar-refractivity contribution < 1.29 is 39.8 Å². The van der Waals surface area contributed by atoms with E-state index >= 15 is 0 Å². The summed E-state index contributed by atoms with van der Waals surface area (Å²) in [7, 11) is 0. The molecular formula is C71H129NO8. The van der Waals surface area contributed by atoms with Crippen molar-refractivity contribution in [3.8, 4) is 0 Å². The molecule has 9 heteroatoms. The Morgan fingerprint density at radius 3 is 1.20 bits per heavy atom. The average molecular weight is 1120 g/mol. The van der Waals surface area contributed by atoms with Crippen LogP contribution in [-0.4, -0.2) is 87.5 Å². The first-order valence-electron chi connectivity index (χ1n) is 34.2. The average Bonchev–Trinajstić information content (AvgIpc) is 3.46. The van der Waals surface area contributed by atoms with E-state index in [0.29, 0.717) is 6.42 Å². The molecule has 9 nitrogen and oxygen atoms in total. The lowest BCUT2D eigenvalue weighted by Crippen LogP contribution is -2.60. The zero-order valence-corrected chi connectivity index (χ0v) is 52.1. The minimum atomic E-state index is -1.57. The molecule has 0 radical (unpaired) electrons. The number of unbranched alkanes of at least 4 members (excludes halogenated alkanes) is 39. The Kier molecular flexibility index (Phi) is 56.5. The largest absolute Gasteiger partial charge is 0.394 e. The van der Waals surface area contributed by atoms with Crippen LogP contribution in [0.4, 0.5) is 0 Å². The molecule has 80 heavy (non-hydrogen) atoms. The summed E-state index contributed by atoms with van der Waals surface area (Å²) in [5.41, 5.74) is 0. The Morgan fingerprint density at radius 1 is 0.438 bits per heavy atom. The molecular weight excluding hydrogens is 995 g/mol. The maximum absolute atomic E-state index is 13.1. The summed E-state index contributed by atoms with van der Waals surface area (Å²) in [6.07, 6.45) is 77.2. The van der Waals surface area contributed by atoms with Crippen LogP contribution in [0.25, 0.3) is 0 Å². The first-order valence-corrected chi connectivity index (χ1v) is 34.2. The van der Waals surface area contributed by atoms with Crippen molar-refractivity contribution in [1.29, 1.82) is 0 Å². The first kappa shape index (κ1) is 75.6. The van der Waals surface area contributed by atoms with Crippen LogP contribution in [0, 0.1) is 0 Å². The van der Waals surface area contributed by atoms with Crippen LogP contribution >= 0.6 is 0 Å². The molecule has 0 bridgehead atoms. The van der Waals surface area contributed by atoms with Gasteiger partial charge in [-0.25, -0.2) is 0 Å². The lowest BCUT2D eigenvalue weighted by molar-refractivity contribution is -0.302. The van der Waals surface area contributed by atoms with Crippen LogP contribution in [-0.2, 0) is 14.3 Å². The number of amides is 1. The fraction of sp³-hybridized carbons (Fsp3) is 0.817. The van der Waals surface area contributed by atoms with Gasteiger partial charge in [0.15, 0.2) is 6.29 Å². The second-order valence-electron chi connectivity index (χ2n) is 23.6. The number of nitrogens with one attached hydrogen (secondary N) is 1. The summed E-state index contributed by atoms with van der Waals surface area (Å²) < 4.78 is 11.3. The van der Waals surface area contributed by atoms with Gasteiger partial charge in [-0.3, -0.25) is 4.79 Å². The fourth-order valence-electron chi connectivity index (χ4n) is 10.7. The number of ether oxygens (including phenoxy) is 2. The van der Waals surface area contributed by atoms with Crippen molar-refractivity contribution in [3.05, 3.63) is 72.9 Å². The third kappa shape index (κ3) is 48.0. The second-order valence-corrected chi connectivity index (χ2v) is 23.6. The Balaban J connectivity index is 2.14. The normalized spacial score (nSPS) is 18.9. The van der Waals surface area contributed by atoms with Gasteiger partial charge in [0, 0.05) is 6.42 Å². The van der Waals surface area contributed by atoms with Crippen molar-refractivity contribution >= 4 is 5.91 Å². The summed E-state index contributed by atoms with van der Waals surface area (Å²) in [5.74, 6) is -0.183. The molecule has 6 N–H and O–H groups in total. The zero-order chi connectivity index (χ0) is 57.9. The Bertz CT molecular complexity index is 1490. The van der Waals surface area contributed by atoms with Gasteiger partial charge in [-0.05, 0) is 70.6 Å². The first-order chi connectivity index (χ1) is 39.3. The van der Waals surface area contributed by atoms with E-state index < -0.39 is 49.5 Å². The topological polar surface area (TPSA) is 149 Å². The number of carbonyl (C=O) groups is 1. The molecule has 1 saturated heterocycles. The van der Waals surface area contributed by atoms with Gasteiger partial charge in [-0.1, -0.05) is 311 Å². The van der Waals surface area contributed by atoms with Crippen LogP contribution in [0.5, 0.6) is 0 Å². The standard InChI is InChI=1S/C71H129NO8/c1-3-5-7-9-11-13-15-17-19-21-23-25-27-29-30-31-32-33-34-35-36-37-39-41-43-45-47-49-51-53-55-57-59-61-67(75)72-64(63-79-71-70(78)69(77)68(76)66(62-73)80-71)65(74)60-58-56-54-52-50-48-46-44-42-40-38-28-26-24-22-20-18-16-14-12-10-8-6-4-2/h5,7,11,13,17,19,23,25,50,52,58,60,64-66,68-71,73-74,76-78H,3-4,6,8-10,12,14-16,18,20-22,24,26-49,51,53-57,59,61-63H2,1-2H3,(H,72,75)/b7-5-,13-11-,19-17-,25-23-,52-50+,60-58+. The zero-order valence-electron chi connectivity index (χ0n) is 52.1. The molecule has 0 saturated carbocycles. The molecule has 466 valence electrons. The van der Waals surface area contributed by atoms with Gasteiger partial charge < -0.3 is 40.3 Å². The molecule has 1 heterocycles. The number of rotatable bonds is 59. The second kappa shape index (κ2) is 59.8. The van der Waals surface area contributed by atoms with E-state index in [9.17, 15) is 30.3 Å². The number of hydrogen-bond donors (Lipinski definition) is 6. The van der Waals surface area contributed by atoms with Crippen molar-refractivity contribution in [3.63, 3.8) is 0 Å². The van der Waals surface area contributed by atoms with Crippen molar-refractivity contribution in [2.24, 2.45) is 0 Å². The van der Waals surface area contributed by atoms with Gasteiger partial charge in [-0.15, -0.1) is 0 Å². The summed E-state index contributed by atoms with van der Waals surface area (Å²) in [5, 5.41) is 54.7.